The first kappa shape index (κ1) is 23.5. The zero-order valence-electron chi connectivity index (χ0n) is 20.0. The molecule has 5 rings (SSSR count). The maximum absolute atomic E-state index is 11.9. The second kappa shape index (κ2) is 9.46. The molecule has 4 heterocycles. The van der Waals surface area contributed by atoms with Crippen LogP contribution in [0.1, 0.15) is 18.2 Å². The standard InChI is InChI=1S/C24H27N7O5/c1-14-13-36-10-9-31(14)22-17-7-8-30(24(34)35)12-18(17)26-21(28-22)15-3-5-16(6-4-15)25-19-11-20(32)29(2)23(33)27-19/h3-6,11,14,25H,7-10,12-13H2,1-2H3,(H,27,33)(H,34,35). The third-order valence-electron chi connectivity index (χ3n) is 6.52. The average Bonchev–Trinajstić information content (AvgIpc) is 2.87. The summed E-state index contributed by atoms with van der Waals surface area (Å²) >= 11 is 0. The lowest BCUT2D eigenvalue weighted by molar-refractivity contribution is 0.0983. The number of aromatic nitrogens is 4. The average molecular weight is 494 g/mol. The second-order valence-electron chi connectivity index (χ2n) is 8.96. The van der Waals surface area contributed by atoms with E-state index in [4.69, 9.17) is 14.7 Å². The summed E-state index contributed by atoms with van der Waals surface area (Å²) in [6.45, 7) is 4.60. The minimum Gasteiger partial charge on any atom is -0.465 e. The van der Waals surface area contributed by atoms with Gasteiger partial charge in [-0.25, -0.2) is 19.6 Å². The smallest absolute Gasteiger partial charge is 0.407 e. The van der Waals surface area contributed by atoms with Crippen LogP contribution in [0.5, 0.6) is 0 Å². The Labute approximate surface area is 206 Å². The molecule has 1 atom stereocenters. The third-order valence-corrected chi connectivity index (χ3v) is 6.52. The van der Waals surface area contributed by atoms with E-state index in [0.717, 1.165) is 21.5 Å². The van der Waals surface area contributed by atoms with E-state index in [1.165, 1.54) is 18.0 Å². The zero-order chi connectivity index (χ0) is 25.4. The van der Waals surface area contributed by atoms with Crippen molar-refractivity contribution in [2.75, 3.05) is 36.5 Å². The van der Waals surface area contributed by atoms with Crippen molar-refractivity contribution in [2.24, 2.45) is 7.05 Å². The number of anilines is 3. The number of hydrogen-bond donors (Lipinski definition) is 3. The van der Waals surface area contributed by atoms with Gasteiger partial charge in [-0.05, 0) is 37.6 Å². The lowest BCUT2D eigenvalue weighted by Gasteiger charge is -2.37. The molecule has 2 aliphatic heterocycles. The van der Waals surface area contributed by atoms with Crippen LogP contribution in [0.25, 0.3) is 11.4 Å². The molecule has 3 N–H and O–H groups in total. The summed E-state index contributed by atoms with van der Waals surface area (Å²) in [6.07, 6.45) is -0.412. The van der Waals surface area contributed by atoms with Crippen molar-refractivity contribution >= 4 is 23.4 Å². The molecule has 188 valence electrons. The van der Waals surface area contributed by atoms with Crippen LogP contribution in [0.3, 0.4) is 0 Å². The Balaban J connectivity index is 1.49. The molecule has 1 amide bonds. The first-order valence-corrected chi connectivity index (χ1v) is 11.7. The van der Waals surface area contributed by atoms with Gasteiger partial charge in [0.25, 0.3) is 5.56 Å². The summed E-state index contributed by atoms with van der Waals surface area (Å²) in [4.78, 5) is 51.2. The van der Waals surface area contributed by atoms with E-state index >= 15 is 0 Å². The van der Waals surface area contributed by atoms with Crippen molar-refractivity contribution in [1.82, 2.24) is 24.4 Å². The summed E-state index contributed by atoms with van der Waals surface area (Å²) in [7, 11) is 1.40. The molecule has 12 heteroatoms. The number of H-pyrrole nitrogens is 1. The van der Waals surface area contributed by atoms with Gasteiger partial charge in [0.05, 0.1) is 31.5 Å². The van der Waals surface area contributed by atoms with Gasteiger partial charge in [0.2, 0.25) is 0 Å². The molecule has 2 aromatic heterocycles. The Morgan fingerprint density at radius 2 is 1.97 bits per heavy atom. The Morgan fingerprint density at radius 1 is 1.19 bits per heavy atom. The van der Waals surface area contributed by atoms with Gasteiger partial charge in [-0.15, -0.1) is 0 Å². The predicted molar refractivity (Wildman–Crippen MR) is 133 cm³/mol. The van der Waals surface area contributed by atoms with Crippen LogP contribution in [-0.4, -0.2) is 68.0 Å². The van der Waals surface area contributed by atoms with Crippen LogP contribution >= 0.6 is 0 Å². The fourth-order valence-electron chi connectivity index (χ4n) is 4.46. The second-order valence-corrected chi connectivity index (χ2v) is 8.96. The highest BCUT2D eigenvalue weighted by Gasteiger charge is 2.30. The Kier molecular flexibility index (Phi) is 6.18. The van der Waals surface area contributed by atoms with E-state index in [-0.39, 0.29) is 12.6 Å². The number of rotatable bonds is 4. The highest BCUT2D eigenvalue weighted by atomic mass is 16.5. The molecule has 3 aromatic rings. The van der Waals surface area contributed by atoms with Crippen molar-refractivity contribution < 1.29 is 14.6 Å². The number of aromatic amines is 1. The fourth-order valence-corrected chi connectivity index (χ4v) is 4.46. The first-order valence-electron chi connectivity index (χ1n) is 11.7. The normalized spacial score (nSPS) is 17.6. The van der Waals surface area contributed by atoms with E-state index < -0.39 is 17.3 Å². The van der Waals surface area contributed by atoms with Gasteiger partial charge in [-0.2, -0.15) is 0 Å². The molecule has 0 aliphatic carbocycles. The Bertz CT molecular complexity index is 1380. The summed E-state index contributed by atoms with van der Waals surface area (Å²) in [5.41, 5.74) is 2.19. The number of benzene rings is 1. The molecular formula is C24H27N7O5. The molecule has 1 saturated heterocycles. The van der Waals surface area contributed by atoms with Crippen LogP contribution in [0.4, 0.5) is 22.1 Å². The van der Waals surface area contributed by atoms with E-state index in [1.807, 2.05) is 12.1 Å². The molecule has 0 radical (unpaired) electrons. The van der Waals surface area contributed by atoms with Gasteiger partial charge in [0.15, 0.2) is 5.82 Å². The van der Waals surface area contributed by atoms with Gasteiger partial charge >= 0.3 is 11.8 Å². The van der Waals surface area contributed by atoms with Crippen molar-refractivity contribution in [1.29, 1.82) is 0 Å². The zero-order valence-corrected chi connectivity index (χ0v) is 20.0. The number of ether oxygens (including phenoxy) is 1. The van der Waals surface area contributed by atoms with Gasteiger partial charge in [-0.1, -0.05) is 0 Å². The predicted octanol–water partition coefficient (Wildman–Crippen LogP) is 1.54. The number of fused-ring (bicyclic) bond motifs is 1. The highest BCUT2D eigenvalue weighted by Crippen LogP contribution is 2.31. The molecule has 36 heavy (non-hydrogen) atoms. The summed E-state index contributed by atoms with van der Waals surface area (Å²) in [5, 5.41) is 12.5. The van der Waals surface area contributed by atoms with Crippen LogP contribution in [-0.2, 0) is 24.8 Å². The van der Waals surface area contributed by atoms with Gasteiger partial charge in [-0.3, -0.25) is 14.3 Å². The van der Waals surface area contributed by atoms with E-state index in [2.05, 4.69) is 22.1 Å². The molecule has 0 bridgehead atoms. The molecule has 0 saturated carbocycles. The summed E-state index contributed by atoms with van der Waals surface area (Å²) < 4.78 is 6.59. The molecule has 0 spiro atoms. The van der Waals surface area contributed by atoms with Gasteiger partial charge in [0, 0.05) is 43.0 Å². The quantitative estimate of drug-likeness (QED) is 0.492. The topological polar surface area (TPSA) is 146 Å². The summed E-state index contributed by atoms with van der Waals surface area (Å²) in [6, 6.07) is 8.73. The number of hydrogen-bond acceptors (Lipinski definition) is 8. The minimum absolute atomic E-state index is 0.135. The number of carbonyl (C=O) groups is 1. The number of carboxylic acid groups (broad SMARTS) is 1. The first-order chi connectivity index (χ1) is 17.3. The van der Waals surface area contributed by atoms with Gasteiger partial charge < -0.3 is 25.0 Å². The maximum atomic E-state index is 11.9. The summed E-state index contributed by atoms with van der Waals surface area (Å²) in [5.74, 6) is 1.62. The SMILES string of the molecule is CC1COCCN1c1nc(-c2ccc(Nc3cc(=O)n(C)c(=O)[nH]3)cc2)nc2c1CCN(C(=O)O)C2. The molecule has 2 aliphatic rings. The van der Waals surface area contributed by atoms with Crippen molar-refractivity contribution in [2.45, 2.75) is 25.9 Å². The maximum Gasteiger partial charge on any atom is 0.407 e. The molecule has 1 aromatic carbocycles. The van der Waals surface area contributed by atoms with Crippen molar-refractivity contribution in [3.8, 4) is 11.4 Å². The minimum atomic E-state index is -0.966. The number of amides is 1. The fraction of sp³-hybridized carbons (Fsp3) is 0.375. The highest BCUT2D eigenvalue weighted by molar-refractivity contribution is 5.68. The largest absolute Gasteiger partial charge is 0.465 e. The lowest BCUT2D eigenvalue weighted by Crippen LogP contribution is -2.45. The van der Waals surface area contributed by atoms with Crippen LogP contribution in [0, 0.1) is 0 Å². The van der Waals surface area contributed by atoms with Crippen molar-refractivity contribution in [3.63, 3.8) is 0 Å². The monoisotopic (exact) mass is 493 g/mol. The molecule has 1 unspecified atom stereocenters. The lowest BCUT2D eigenvalue weighted by atomic mass is 10.0. The van der Waals surface area contributed by atoms with Crippen molar-refractivity contribution in [3.05, 3.63) is 62.4 Å². The van der Waals surface area contributed by atoms with Crippen LogP contribution < -0.4 is 21.5 Å². The van der Waals surface area contributed by atoms with Crippen LogP contribution in [0.15, 0.2) is 39.9 Å². The van der Waals surface area contributed by atoms with E-state index in [0.29, 0.717) is 55.7 Å². The number of morpholine rings is 1. The molecule has 1 fully saturated rings. The molecule has 12 nitrogen and oxygen atoms in total. The number of nitrogens with one attached hydrogen (secondary N) is 2. The van der Waals surface area contributed by atoms with E-state index in [1.54, 1.807) is 12.1 Å². The number of nitrogens with zero attached hydrogens (tertiary/aromatic N) is 5. The van der Waals surface area contributed by atoms with E-state index in [9.17, 15) is 19.5 Å². The van der Waals surface area contributed by atoms with Gasteiger partial charge in [0.1, 0.15) is 11.6 Å². The van der Waals surface area contributed by atoms with Crippen LogP contribution in [0.2, 0.25) is 0 Å². The Hall–Kier alpha value is -4.19. The third kappa shape index (κ3) is 4.54. The Morgan fingerprint density at radius 3 is 2.67 bits per heavy atom. The molecular weight excluding hydrogens is 466 g/mol.